The van der Waals surface area contributed by atoms with Gasteiger partial charge in [-0.25, -0.2) is 4.98 Å². The highest BCUT2D eigenvalue weighted by Gasteiger charge is 2.35. The molecule has 1 fully saturated rings. The molecule has 158 valence electrons. The zero-order valence-corrected chi connectivity index (χ0v) is 18.4. The van der Waals surface area contributed by atoms with Crippen molar-refractivity contribution in [2.45, 2.75) is 42.9 Å². The van der Waals surface area contributed by atoms with E-state index in [9.17, 15) is 14.9 Å². The maximum Gasteiger partial charge on any atom is 0.262 e. The molecule has 2 aromatic carbocycles. The lowest BCUT2D eigenvalue weighted by molar-refractivity contribution is -0.119. The number of nitrogens with one attached hydrogen (secondary N) is 1. The van der Waals surface area contributed by atoms with Crippen LogP contribution in [0.4, 0.5) is 0 Å². The molecule has 0 aliphatic heterocycles. The number of carbonyl (C=O) groups excluding carboxylic acids is 1. The normalized spacial score (nSPS) is 15.0. The third-order valence-electron chi connectivity index (χ3n) is 5.50. The predicted octanol–water partition coefficient (Wildman–Crippen LogP) is 4.14. The van der Waals surface area contributed by atoms with E-state index < -0.39 is 5.54 Å². The van der Waals surface area contributed by atoms with E-state index in [0.717, 1.165) is 18.4 Å². The van der Waals surface area contributed by atoms with Crippen LogP contribution in [0.25, 0.3) is 10.9 Å². The molecule has 1 aliphatic rings. The smallest absolute Gasteiger partial charge is 0.262 e. The summed E-state index contributed by atoms with van der Waals surface area (Å²) in [4.78, 5) is 30.4. The van der Waals surface area contributed by atoms with Gasteiger partial charge in [0.05, 0.1) is 29.3 Å². The first-order valence-electron chi connectivity index (χ1n) is 10.1. The molecule has 31 heavy (non-hydrogen) atoms. The van der Waals surface area contributed by atoms with Crippen molar-refractivity contribution in [3.05, 3.63) is 69.5 Å². The second-order valence-corrected chi connectivity index (χ2v) is 8.98. The fraction of sp³-hybridized carbons (Fsp3) is 0.304. The lowest BCUT2D eigenvalue weighted by atomic mass is 10.0. The molecule has 1 heterocycles. The molecule has 1 aromatic heterocycles. The summed E-state index contributed by atoms with van der Waals surface area (Å²) in [5.74, 6) is -0.170. The highest BCUT2D eigenvalue weighted by molar-refractivity contribution is 7.99. The van der Waals surface area contributed by atoms with E-state index in [1.165, 1.54) is 11.8 Å². The van der Waals surface area contributed by atoms with Gasteiger partial charge in [0.2, 0.25) is 5.91 Å². The van der Waals surface area contributed by atoms with Crippen molar-refractivity contribution < 1.29 is 4.79 Å². The van der Waals surface area contributed by atoms with Gasteiger partial charge < -0.3 is 5.32 Å². The summed E-state index contributed by atoms with van der Waals surface area (Å²) in [7, 11) is 0. The summed E-state index contributed by atoms with van der Waals surface area (Å²) in [5.41, 5.74) is 0.419. The van der Waals surface area contributed by atoms with Gasteiger partial charge in [-0.3, -0.25) is 14.2 Å². The highest BCUT2D eigenvalue weighted by atomic mass is 35.5. The number of hydrogen-bond donors (Lipinski definition) is 1. The molecule has 6 nitrogen and oxygen atoms in total. The quantitative estimate of drug-likeness (QED) is 0.448. The van der Waals surface area contributed by atoms with E-state index in [4.69, 9.17) is 11.6 Å². The van der Waals surface area contributed by atoms with Crippen LogP contribution in [0.1, 0.15) is 31.2 Å². The molecule has 1 saturated carbocycles. The minimum Gasteiger partial charge on any atom is -0.337 e. The van der Waals surface area contributed by atoms with Gasteiger partial charge in [-0.15, -0.1) is 0 Å². The number of para-hydroxylation sites is 1. The summed E-state index contributed by atoms with van der Waals surface area (Å²) >= 11 is 7.50. The zero-order valence-electron chi connectivity index (χ0n) is 16.8. The van der Waals surface area contributed by atoms with E-state index in [0.29, 0.717) is 33.9 Å². The number of thioether (sulfide) groups is 1. The Morgan fingerprint density at radius 2 is 1.90 bits per heavy atom. The van der Waals surface area contributed by atoms with Crippen molar-refractivity contribution in [1.82, 2.24) is 14.9 Å². The molecule has 3 aromatic rings. The van der Waals surface area contributed by atoms with Crippen LogP contribution in [-0.2, 0) is 11.3 Å². The van der Waals surface area contributed by atoms with Crippen molar-refractivity contribution in [1.29, 1.82) is 5.26 Å². The summed E-state index contributed by atoms with van der Waals surface area (Å²) < 4.78 is 1.55. The Hall–Kier alpha value is -2.82. The number of carbonyl (C=O) groups is 1. The Morgan fingerprint density at radius 3 is 2.65 bits per heavy atom. The molecule has 0 saturated heterocycles. The van der Waals surface area contributed by atoms with Gasteiger partial charge in [-0.1, -0.05) is 53.7 Å². The number of rotatable bonds is 6. The van der Waals surface area contributed by atoms with Crippen LogP contribution in [0.2, 0.25) is 5.02 Å². The highest BCUT2D eigenvalue weighted by Crippen LogP contribution is 2.29. The topological polar surface area (TPSA) is 87.8 Å². The van der Waals surface area contributed by atoms with Crippen molar-refractivity contribution >= 4 is 40.2 Å². The summed E-state index contributed by atoms with van der Waals surface area (Å²) in [6.45, 7) is 0.252. The molecular weight excluding hydrogens is 432 g/mol. The van der Waals surface area contributed by atoms with E-state index in [1.54, 1.807) is 28.8 Å². The Morgan fingerprint density at radius 1 is 1.19 bits per heavy atom. The van der Waals surface area contributed by atoms with Crippen LogP contribution < -0.4 is 10.9 Å². The fourth-order valence-corrected chi connectivity index (χ4v) is 4.86. The van der Waals surface area contributed by atoms with Gasteiger partial charge in [0.15, 0.2) is 5.16 Å². The third kappa shape index (κ3) is 4.60. The van der Waals surface area contributed by atoms with Crippen LogP contribution in [0.3, 0.4) is 0 Å². The van der Waals surface area contributed by atoms with Gasteiger partial charge in [-0.2, -0.15) is 5.26 Å². The number of hydrogen-bond acceptors (Lipinski definition) is 5. The van der Waals surface area contributed by atoms with Crippen molar-refractivity contribution in [3.63, 3.8) is 0 Å². The fourth-order valence-electron chi connectivity index (χ4n) is 3.87. The molecule has 1 aliphatic carbocycles. The number of nitriles is 1. The number of fused-ring (bicyclic) bond motifs is 1. The van der Waals surface area contributed by atoms with Crippen molar-refractivity contribution in [2.75, 3.05) is 5.75 Å². The zero-order chi connectivity index (χ0) is 21.8. The molecule has 8 heteroatoms. The van der Waals surface area contributed by atoms with E-state index >= 15 is 0 Å². The maximum absolute atomic E-state index is 13.2. The average molecular weight is 453 g/mol. The Bertz CT molecular complexity index is 1230. The standard InChI is InChI=1S/C23H21ClN4O2S/c24-18-9-3-1-7-16(18)13-28-21(30)17-8-2-4-10-19(17)26-22(28)31-14-20(29)27-23(15-25)11-5-6-12-23/h1-4,7-10H,5-6,11-14H2,(H,27,29). The van der Waals surface area contributed by atoms with Crippen molar-refractivity contribution in [2.24, 2.45) is 0 Å². The largest absolute Gasteiger partial charge is 0.337 e. The monoisotopic (exact) mass is 452 g/mol. The summed E-state index contributed by atoms with van der Waals surface area (Å²) in [6.07, 6.45) is 3.21. The van der Waals surface area contributed by atoms with Crippen molar-refractivity contribution in [3.8, 4) is 6.07 Å². The lowest BCUT2D eigenvalue weighted by Crippen LogP contribution is -2.45. The maximum atomic E-state index is 13.2. The van der Waals surface area contributed by atoms with E-state index in [-0.39, 0.29) is 23.8 Å². The average Bonchev–Trinajstić information content (AvgIpc) is 3.24. The number of halogens is 1. The summed E-state index contributed by atoms with van der Waals surface area (Å²) in [6, 6.07) is 16.8. The van der Waals surface area contributed by atoms with Crippen LogP contribution in [0.5, 0.6) is 0 Å². The SMILES string of the molecule is N#CC1(NC(=O)CSc2nc3ccccc3c(=O)n2Cc2ccccc2Cl)CCCC1. The van der Waals surface area contributed by atoms with Gasteiger partial charge in [0, 0.05) is 5.02 Å². The second-order valence-electron chi connectivity index (χ2n) is 7.63. The van der Waals surface area contributed by atoms with Gasteiger partial charge in [0.25, 0.3) is 5.56 Å². The Balaban J connectivity index is 1.63. The third-order valence-corrected chi connectivity index (χ3v) is 6.84. The first kappa shape index (κ1) is 21.4. The number of amides is 1. The number of nitrogens with zero attached hydrogens (tertiary/aromatic N) is 3. The number of benzene rings is 2. The predicted molar refractivity (Wildman–Crippen MR) is 122 cm³/mol. The first-order chi connectivity index (χ1) is 15.0. The molecule has 0 bridgehead atoms. The molecule has 4 rings (SSSR count). The van der Waals surface area contributed by atoms with Crippen LogP contribution in [-0.4, -0.2) is 26.8 Å². The molecule has 0 unspecified atom stereocenters. The molecular formula is C23H21ClN4O2S. The second kappa shape index (κ2) is 9.13. The molecule has 1 N–H and O–H groups in total. The molecule has 0 atom stereocenters. The van der Waals surface area contributed by atoms with Gasteiger partial charge >= 0.3 is 0 Å². The molecule has 0 radical (unpaired) electrons. The minimum atomic E-state index is -0.772. The Kier molecular flexibility index (Phi) is 6.30. The van der Waals surface area contributed by atoms with E-state index in [2.05, 4.69) is 16.4 Å². The molecule has 0 spiro atoms. The van der Waals surface area contributed by atoms with Crippen LogP contribution in [0, 0.1) is 11.3 Å². The van der Waals surface area contributed by atoms with E-state index in [1.807, 2.05) is 24.3 Å². The molecule has 1 amide bonds. The first-order valence-corrected chi connectivity index (χ1v) is 11.5. The van der Waals surface area contributed by atoms with Crippen LogP contribution in [0.15, 0.2) is 58.5 Å². The lowest BCUT2D eigenvalue weighted by Gasteiger charge is -2.22. The van der Waals surface area contributed by atoms with Crippen LogP contribution >= 0.6 is 23.4 Å². The van der Waals surface area contributed by atoms with Gasteiger partial charge in [0.1, 0.15) is 5.54 Å². The minimum absolute atomic E-state index is 0.0662. The summed E-state index contributed by atoms with van der Waals surface area (Å²) in [5, 5.41) is 13.9. The Labute approximate surface area is 189 Å². The van der Waals surface area contributed by atoms with Gasteiger partial charge in [-0.05, 0) is 49.4 Å². The number of aromatic nitrogens is 2.